The van der Waals surface area contributed by atoms with Crippen molar-refractivity contribution in [1.29, 1.82) is 0 Å². The van der Waals surface area contributed by atoms with Crippen molar-refractivity contribution in [3.63, 3.8) is 0 Å². The van der Waals surface area contributed by atoms with Crippen LogP contribution in [0, 0.1) is 6.92 Å². The van der Waals surface area contributed by atoms with Crippen molar-refractivity contribution < 1.29 is 19.4 Å². The van der Waals surface area contributed by atoms with Crippen LogP contribution in [0.1, 0.15) is 27.4 Å². The van der Waals surface area contributed by atoms with Gasteiger partial charge in [0.25, 0.3) is 5.91 Å². The van der Waals surface area contributed by atoms with Crippen LogP contribution in [0.5, 0.6) is 5.75 Å². The monoisotopic (exact) mass is 313 g/mol. The van der Waals surface area contributed by atoms with Crippen LogP contribution < -0.4 is 10.1 Å². The van der Waals surface area contributed by atoms with Crippen LogP contribution in [0.4, 0.5) is 0 Å². The summed E-state index contributed by atoms with van der Waals surface area (Å²) in [5, 5.41) is 12.1. The first-order valence-corrected chi connectivity index (χ1v) is 7.23. The average Bonchev–Trinajstić information content (AvgIpc) is 2.55. The molecule has 0 saturated heterocycles. The highest BCUT2D eigenvalue weighted by molar-refractivity contribution is 5.96. The number of carboxylic acid groups (broad SMARTS) is 1. The number of aliphatic carboxylic acids is 1. The zero-order valence-electron chi connectivity index (χ0n) is 13.1. The standard InChI is InChI=1S/C18H19NO4/c1-12-10-14(23-2)8-9-15(12)17(20)19-11-16(18(21)22)13-6-4-3-5-7-13/h3-10,16H,11H2,1-2H3,(H,19,20)(H,21,22). The summed E-state index contributed by atoms with van der Waals surface area (Å²) in [7, 11) is 1.56. The number of ether oxygens (including phenoxy) is 1. The van der Waals surface area contributed by atoms with Gasteiger partial charge < -0.3 is 15.2 Å². The summed E-state index contributed by atoms with van der Waals surface area (Å²) < 4.78 is 5.11. The molecule has 2 aromatic rings. The highest BCUT2D eigenvalue weighted by Gasteiger charge is 2.21. The molecule has 5 nitrogen and oxygen atoms in total. The minimum absolute atomic E-state index is 0.0314. The molecule has 2 rings (SSSR count). The molecule has 0 heterocycles. The molecular weight excluding hydrogens is 294 g/mol. The number of carbonyl (C=O) groups is 2. The zero-order valence-corrected chi connectivity index (χ0v) is 13.1. The Morgan fingerprint density at radius 1 is 1.17 bits per heavy atom. The third-order valence-electron chi connectivity index (χ3n) is 3.64. The van der Waals surface area contributed by atoms with E-state index in [-0.39, 0.29) is 12.5 Å². The summed E-state index contributed by atoms with van der Waals surface area (Å²) in [6.07, 6.45) is 0. The molecule has 5 heteroatoms. The molecule has 0 aromatic heterocycles. The fourth-order valence-electron chi connectivity index (χ4n) is 2.34. The first-order chi connectivity index (χ1) is 11.0. The maximum absolute atomic E-state index is 12.3. The number of carboxylic acids is 1. The summed E-state index contributed by atoms with van der Waals surface area (Å²) in [5.74, 6) is -1.37. The summed E-state index contributed by atoms with van der Waals surface area (Å²) in [4.78, 5) is 23.7. The van der Waals surface area contributed by atoms with Gasteiger partial charge in [-0.2, -0.15) is 0 Å². The van der Waals surface area contributed by atoms with Gasteiger partial charge in [0.05, 0.1) is 13.0 Å². The number of nitrogens with one attached hydrogen (secondary N) is 1. The van der Waals surface area contributed by atoms with Gasteiger partial charge in [-0.15, -0.1) is 0 Å². The average molecular weight is 313 g/mol. The van der Waals surface area contributed by atoms with Crippen LogP contribution >= 0.6 is 0 Å². The molecule has 120 valence electrons. The van der Waals surface area contributed by atoms with Gasteiger partial charge in [0, 0.05) is 12.1 Å². The molecule has 2 N–H and O–H groups in total. The maximum atomic E-state index is 12.3. The van der Waals surface area contributed by atoms with E-state index in [4.69, 9.17) is 4.74 Å². The number of rotatable bonds is 6. The van der Waals surface area contributed by atoms with E-state index in [1.54, 1.807) is 49.6 Å². The largest absolute Gasteiger partial charge is 0.497 e. The quantitative estimate of drug-likeness (QED) is 0.859. The summed E-state index contributed by atoms with van der Waals surface area (Å²) in [6.45, 7) is 1.84. The van der Waals surface area contributed by atoms with Crippen molar-refractivity contribution in [2.45, 2.75) is 12.8 Å². The maximum Gasteiger partial charge on any atom is 0.312 e. The smallest absolute Gasteiger partial charge is 0.312 e. The Labute approximate surface area is 134 Å². The number of hydrogen-bond acceptors (Lipinski definition) is 3. The molecule has 0 aliphatic heterocycles. The summed E-state index contributed by atoms with van der Waals surface area (Å²) >= 11 is 0. The van der Waals surface area contributed by atoms with Gasteiger partial charge in [0.2, 0.25) is 0 Å². The fraction of sp³-hybridized carbons (Fsp3) is 0.222. The van der Waals surface area contributed by atoms with Crippen LogP contribution in [0.3, 0.4) is 0 Å². The number of methoxy groups -OCH3 is 1. The molecule has 1 amide bonds. The summed E-state index contributed by atoms with van der Waals surface area (Å²) in [6, 6.07) is 14.0. The lowest BCUT2D eigenvalue weighted by Crippen LogP contribution is -2.32. The molecule has 0 spiro atoms. The first-order valence-electron chi connectivity index (χ1n) is 7.23. The van der Waals surface area contributed by atoms with Crippen molar-refractivity contribution in [2.24, 2.45) is 0 Å². The number of carbonyl (C=O) groups excluding carboxylic acids is 1. The van der Waals surface area contributed by atoms with Gasteiger partial charge in [-0.1, -0.05) is 30.3 Å². The van der Waals surface area contributed by atoms with Gasteiger partial charge in [-0.05, 0) is 36.2 Å². The van der Waals surface area contributed by atoms with Gasteiger partial charge in [-0.25, -0.2) is 0 Å². The summed E-state index contributed by atoms with van der Waals surface area (Å²) in [5.41, 5.74) is 1.93. The van der Waals surface area contributed by atoms with Crippen LogP contribution in [0.2, 0.25) is 0 Å². The second kappa shape index (κ2) is 7.45. The van der Waals surface area contributed by atoms with E-state index in [1.165, 1.54) is 0 Å². The molecule has 0 bridgehead atoms. The predicted molar refractivity (Wildman–Crippen MR) is 86.9 cm³/mol. The first kappa shape index (κ1) is 16.5. The Morgan fingerprint density at radius 2 is 1.87 bits per heavy atom. The van der Waals surface area contributed by atoms with Crippen LogP contribution in [-0.4, -0.2) is 30.6 Å². The van der Waals surface area contributed by atoms with Crippen LogP contribution in [0.25, 0.3) is 0 Å². The number of benzene rings is 2. The van der Waals surface area contributed by atoms with E-state index in [2.05, 4.69) is 5.32 Å². The lowest BCUT2D eigenvalue weighted by Gasteiger charge is -2.15. The number of hydrogen-bond donors (Lipinski definition) is 2. The SMILES string of the molecule is COc1ccc(C(=O)NCC(C(=O)O)c2ccccc2)c(C)c1. The van der Waals surface area contributed by atoms with E-state index in [0.717, 1.165) is 5.56 Å². The topological polar surface area (TPSA) is 75.6 Å². The third kappa shape index (κ3) is 4.10. The fourth-order valence-corrected chi connectivity index (χ4v) is 2.34. The van der Waals surface area contributed by atoms with Crippen molar-refractivity contribution in [3.05, 3.63) is 65.2 Å². The zero-order chi connectivity index (χ0) is 16.8. The van der Waals surface area contributed by atoms with Crippen LogP contribution in [0.15, 0.2) is 48.5 Å². The molecular formula is C18H19NO4. The third-order valence-corrected chi connectivity index (χ3v) is 3.64. The minimum atomic E-state index is -0.969. The van der Waals surface area contributed by atoms with Crippen LogP contribution in [-0.2, 0) is 4.79 Å². The van der Waals surface area contributed by atoms with Crippen molar-refractivity contribution in [2.75, 3.05) is 13.7 Å². The molecule has 0 radical (unpaired) electrons. The Bertz CT molecular complexity index is 697. The molecule has 0 saturated carbocycles. The van der Waals surface area contributed by atoms with Gasteiger partial charge in [0.15, 0.2) is 0 Å². The second-order valence-corrected chi connectivity index (χ2v) is 5.19. The Balaban J connectivity index is 2.09. The molecule has 23 heavy (non-hydrogen) atoms. The molecule has 2 aromatic carbocycles. The van der Waals surface area contributed by atoms with E-state index in [0.29, 0.717) is 16.9 Å². The van der Waals surface area contributed by atoms with E-state index >= 15 is 0 Å². The van der Waals surface area contributed by atoms with Crippen molar-refractivity contribution in [3.8, 4) is 5.75 Å². The van der Waals surface area contributed by atoms with E-state index in [9.17, 15) is 14.7 Å². The predicted octanol–water partition coefficient (Wildman–Crippen LogP) is 2.60. The second-order valence-electron chi connectivity index (χ2n) is 5.19. The molecule has 0 fully saturated rings. The van der Waals surface area contributed by atoms with E-state index in [1.807, 2.05) is 13.0 Å². The van der Waals surface area contributed by atoms with Gasteiger partial charge >= 0.3 is 5.97 Å². The molecule has 1 atom stereocenters. The lowest BCUT2D eigenvalue weighted by molar-refractivity contribution is -0.138. The highest BCUT2D eigenvalue weighted by Crippen LogP contribution is 2.18. The molecule has 0 aliphatic carbocycles. The van der Waals surface area contributed by atoms with Gasteiger partial charge in [0.1, 0.15) is 5.75 Å². The Kier molecular flexibility index (Phi) is 5.36. The number of aryl methyl sites for hydroxylation is 1. The van der Waals surface area contributed by atoms with Crippen molar-refractivity contribution >= 4 is 11.9 Å². The Morgan fingerprint density at radius 3 is 2.43 bits per heavy atom. The molecule has 0 aliphatic rings. The van der Waals surface area contributed by atoms with Crippen molar-refractivity contribution in [1.82, 2.24) is 5.32 Å². The Hall–Kier alpha value is -2.82. The number of amides is 1. The van der Waals surface area contributed by atoms with Gasteiger partial charge in [-0.3, -0.25) is 9.59 Å². The minimum Gasteiger partial charge on any atom is -0.497 e. The van der Waals surface area contributed by atoms with E-state index < -0.39 is 11.9 Å². The highest BCUT2D eigenvalue weighted by atomic mass is 16.5. The lowest BCUT2D eigenvalue weighted by atomic mass is 9.99. The normalized spacial score (nSPS) is 11.6. The molecule has 1 unspecified atom stereocenters.